The maximum atomic E-state index is 13.1. The summed E-state index contributed by atoms with van der Waals surface area (Å²) in [6.45, 7) is 0.320. The molecule has 1 heterocycles. The van der Waals surface area contributed by atoms with E-state index in [9.17, 15) is 9.65 Å². The Morgan fingerprint density at radius 3 is 2.54 bits per heavy atom. The summed E-state index contributed by atoms with van der Waals surface area (Å²) in [7, 11) is 0. The topological polar surface area (TPSA) is 64.0 Å². The molecule has 0 amide bonds. The minimum atomic E-state index is -0.321. The molecule has 0 saturated carbocycles. The Kier molecular flexibility index (Phi) is 4.41. The van der Waals surface area contributed by atoms with Crippen LogP contribution < -0.4 is 10.5 Å². The molecule has 0 aliphatic heterocycles. The van der Waals surface area contributed by atoms with Gasteiger partial charge < -0.3 is 10.5 Å². The van der Waals surface area contributed by atoms with Gasteiger partial charge in [-0.25, -0.2) is 4.39 Å². The van der Waals surface area contributed by atoms with Crippen LogP contribution in [0.15, 0.2) is 54.6 Å². The molecule has 6 heteroatoms. The van der Waals surface area contributed by atoms with Crippen LogP contribution in [0.3, 0.4) is 0 Å². The average Bonchev–Trinajstić information content (AvgIpc) is 2.87. The van der Waals surface area contributed by atoms with E-state index in [1.165, 1.54) is 18.2 Å². The summed E-state index contributed by atoms with van der Waals surface area (Å²) in [6, 6.07) is 16.6. The number of nitrogen functional groups attached to an aromatic ring is 1. The zero-order valence-corrected chi connectivity index (χ0v) is 13.3. The molecule has 0 aliphatic carbocycles. The number of nitrogens with zero attached hydrogens (tertiary/aromatic N) is 2. The molecule has 4 nitrogen and oxygen atoms in total. The molecule has 3 aromatic rings. The molecule has 0 fully saturated rings. The largest absolute Gasteiger partial charge is 0.437 e. The molecule has 0 saturated heterocycles. The lowest BCUT2D eigenvalue weighted by atomic mass is 10.2. The van der Waals surface area contributed by atoms with E-state index >= 15 is 0 Å². The molecule has 2 N–H and O–H groups in total. The van der Waals surface area contributed by atoms with Gasteiger partial charge in [-0.05, 0) is 29.8 Å². The standard InChI is InChI=1S/C18H13ClFN3O/c19-15-3-1-2-4-17(15)24-18-16(22)9-14(10-21)23(18)11-12-5-7-13(20)8-6-12/h1-9H,11,22H2. The molecule has 3 rings (SSSR count). The number of anilines is 1. The maximum absolute atomic E-state index is 13.1. The first-order chi connectivity index (χ1) is 11.6. The summed E-state index contributed by atoms with van der Waals surface area (Å²) in [5.41, 5.74) is 7.48. The Balaban J connectivity index is 2.00. The van der Waals surface area contributed by atoms with Gasteiger partial charge in [0.25, 0.3) is 0 Å². The number of nitriles is 1. The van der Waals surface area contributed by atoms with E-state index in [1.54, 1.807) is 41.0 Å². The fourth-order valence-electron chi connectivity index (χ4n) is 2.32. The summed E-state index contributed by atoms with van der Waals surface area (Å²) in [5.74, 6) is 0.441. The Hall–Kier alpha value is -2.97. The number of aromatic nitrogens is 1. The molecule has 0 aliphatic rings. The summed E-state index contributed by atoms with van der Waals surface area (Å²) in [5, 5.41) is 9.77. The van der Waals surface area contributed by atoms with Gasteiger partial charge in [-0.15, -0.1) is 0 Å². The van der Waals surface area contributed by atoms with Crippen molar-refractivity contribution in [3.8, 4) is 17.7 Å². The Morgan fingerprint density at radius 1 is 1.17 bits per heavy atom. The van der Waals surface area contributed by atoms with Crippen LogP contribution in [-0.4, -0.2) is 4.57 Å². The van der Waals surface area contributed by atoms with Gasteiger partial charge in [-0.1, -0.05) is 35.9 Å². The zero-order chi connectivity index (χ0) is 17.1. The summed E-state index contributed by atoms with van der Waals surface area (Å²) < 4.78 is 20.5. The molecule has 120 valence electrons. The molecule has 24 heavy (non-hydrogen) atoms. The van der Waals surface area contributed by atoms with E-state index in [0.29, 0.717) is 34.6 Å². The van der Waals surface area contributed by atoms with Gasteiger partial charge in [0.2, 0.25) is 5.88 Å². The van der Waals surface area contributed by atoms with Crippen LogP contribution in [0.1, 0.15) is 11.3 Å². The summed E-state index contributed by atoms with van der Waals surface area (Å²) in [4.78, 5) is 0. The second-order valence-corrected chi connectivity index (χ2v) is 5.55. The third-order valence-electron chi connectivity index (χ3n) is 3.49. The summed E-state index contributed by atoms with van der Waals surface area (Å²) >= 11 is 6.12. The first kappa shape index (κ1) is 15.9. The van der Waals surface area contributed by atoms with Crippen LogP contribution in [0.5, 0.6) is 11.6 Å². The fraction of sp³-hybridized carbons (Fsp3) is 0.0556. The molecule has 1 aromatic heterocycles. The first-order valence-electron chi connectivity index (χ1n) is 7.14. The van der Waals surface area contributed by atoms with E-state index in [-0.39, 0.29) is 5.82 Å². The van der Waals surface area contributed by atoms with Crippen molar-refractivity contribution >= 4 is 17.3 Å². The van der Waals surface area contributed by atoms with Gasteiger partial charge in [0.1, 0.15) is 23.3 Å². The second-order valence-electron chi connectivity index (χ2n) is 5.15. The number of hydrogen-bond donors (Lipinski definition) is 1. The third kappa shape index (κ3) is 3.19. The number of hydrogen-bond acceptors (Lipinski definition) is 3. The van der Waals surface area contributed by atoms with Gasteiger partial charge in [0.05, 0.1) is 17.3 Å². The molecule has 0 spiro atoms. The Morgan fingerprint density at radius 2 is 1.88 bits per heavy atom. The SMILES string of the molecule is N#Cc1cc(N)c(Oc2ccccc2Cl)n1Cc1ccc(F)cc1. The number of ether oxygens (including phenoxy) is 1. The van der Waals surface area contributed by atoms with Crippen molar-refractivity contribution in [1.82, 2.24) is 4.57 Å². The van der Waals surface area contributed by atoms with Gasteiger partial charge in [0.15, 0.2) is 0 Å². The zero-order valence-electron chi connectivity index (χ0n) is 12.5. The van der Waals surface area contributed by atoms with Crippen molar-refractivity contribution in [1.29, 1.82) is 5.26 Å². The van der Waals surface area contributed by atoms with E-state index in [4.69, 9.17) is 22.1 Å². The van der Waals surface area contributed by atoms with E-state index < -0.39 is 0 Å². The van der Waals surface area contributed by atoms with Crippen molar-refractivity contribution in [3.63, 3.8) is 0 Å². The maximum Gasteiger partial charge on any atom is 0.224 e. The first-order valence-corrected chi connectivity index (χ1v) is 7.52. The normalized spacial score (nSPS) is 10.4. The third-order valence-corrected chi connectivity index (χ3v) is 3.80. The molecule has 0 bridgehead atoms. The number of nitrogens with two attached hydrogens (primary N) is 1. The molecule has 0 unspecified atom stereocenters. The highest BCUT2D eigenvalue weighted by atomic mass is 35.5. The monoisotopic (exact) mass is 341 g/mol. The number of benzene rings is 2. The fourth-order valence-corrected chi connectivity index (χ4v) is 2.49. The smallest absolute Gasteiger partial charge is 0.224 e. The lowest BCUT2D eigenvalue weighted by Gasteiger charge is -2.13. The number of halogens is 2. The average molecular weight is 342 g/mol. The highest BCUT2D eigenvalue weighted by Gasteiger charge is 2.17. The summed E-state index contributed by atoms with van der Waals surface area (Å²) in [6.07, 6.45) is 0. The lowest BCUT2D eigenvalue weighted by molar-refractivity contribution is 0.437. The van der Waals surface area contributed by atoms with E-state index in [0.717, 1.165) is 5.56 Å². The Labute approximate surface area is 143 Å². The molecular weight excluding hydrogens is 329 g/mol. The number of para-hydroxylation sites is 1. The van der Waals surface area contributed by atoms with Gasteiger partial charge >= 0.3 is 0 Å². The van der Waals surface area contributed by atoms with Crippen LogP contribution in [-0.2, 0) is 6.54 Å². The highest BCUT2D eigenvalue weighted by Crippen LogP contribution is 2.35. The van der Waals surface area contributed by atoms with Crippen LogP contribution in [0.25, 0.3) is 0 Å². The van der Waals surface area contributed by atoms with Crippen LogP contribution >= 0.6 is 11.6 Å². The molecule has 2 aromatic carbocycles. The van der Waals surface area contributed by atoms with Crippen LogP contribution in [0.4, 0.5) is 10.1 Å². The van der Waals surface area contributed by atoms with Crippen molar-refractivity contribution < 1.29 is 9.13 Å². The Bertz CT molecular complexity index is 913. The van der Waals surface area contributed by atoms with Crippen LogP contribution in [0, 0.1) is 17.1 Å². The van der Waals surface area contributed by atoms with Crippen molar-refractivity contribution in [2.75, 3.05) is 5.73 Å². The molecular formula is C18H13ClFN3O. The van der Waals surface area contributed by atoms with Gasteiger partial charge in [-0.3, -0.25) is 4.57 Å². The van der Waals surface area contributed by atoms with E-state index in [2.05, 4.69) is 6.07 Å². The quantitative estimate of drug-likeness (QED) is 0.755. The second kappa shape index (κ2) is 6.65. The van der Waals surface area contributed by atoms with Crippen molar-refractivity contribution in [3.05, 3.63) is 76.7 Å². The van der Waals surface area contributed by atoms with Crippen molar-refractivity contribution in [2.24, 2.45) is 0 Å². The molecule has 0 radical (unpaired) electrons. The lowest BCUT2D eigenvalue weighted by Crippen LogP contribution is -2.05. The minimum Gasteiger partial charge on any atom is -0.437 e. The minimum absolute atomic E-state index is 0.320. The number of rotatable bonds is 4. The van der Waals surface area contributed by atoms with Gasteiger partial charge in [0, 0.05) is 6.07 Å². The van der Waals surface area contributed by atoms with Crippen molar-refractivity contribution in [2.45, 2.75) is 6.54 Å². The van der Waals surface area contributed by atoms with Gasteiger partial charge in [-0.2, -0.15) is 5.26 Å². The predicted molar refractivity (Wildman–Crippen MR) is 90.6 cm³/mol. The predicted octanol–water partition coefficient (Wildman–Crippen LogP) is 4.58. The highest BCUT2D eigenvalue weighted by molar-refractivity contribution is 6.32. The van der Waals surface area contributed by atoms with E-state index in [1.807, 2.05) is 0 Å². The van der Waals surface area contributed by atoms with Crippen LogP contribution in [0.2, 0.25) is 5.02 Å². The molecule has 0 atom stereocenters.